The Hall–Kier alpha value is -0.930. The first kappa shape index (κ1) is 13.5. The van der Waals surface area contributed by atoms with Gasteiger partial charge in [0.2, 0.25) is 0 Å². The Morgan fingerprint density at radius 2 is 2.17 bits per heavy atom. The summed E-state index contributed by atoms with van der Waals surface area (Å²) >= 11 is 0. The molecule has 1 saturated carbocycles. The molecule has 2 rings (SSSR count). The average Bonchev–Trinajstić information content (AvgIpc) is 2.27. The Balaban J connectivity index is 1.86. The minimum Gasteiger partial charge on any atom is -0.324 e. The molecule has 0 amide bonds. The molecule has 1 atom stereocenters. The van der Waals surface area contributed by atoms with Gasteiger partial charge < -0.3 is 10.6 Å². The third-order valence-electron chi connectivity index (χ3n) is 4.11. The summed E-state index contributed by atoms with van der Waals surface area (Å²) in [4.78, 5) is 2.38. The van der Waals surface area contributed by atoms with Crippen LogP contribution in [0, 0.1) is 12.7 Å². The second-order valence-corrected chi connectivity index (χ2v) is 5.47. The molecule has 1 aromatic carbocycles. The van der Waals surface area contributed by atoms with Crippen LogP contribution < -0.4 is 5.73 Å². The third-order valence-corrected chi connectivity index (χ3v) is 4.11. The molecule has 2 nitrogen and oxygen atoms in total. The van der Waals surface area contributed by atoms with Gasteiger partial charge in [-0.2, -0.15) is 0 Å². The Labute approximate surface area is 109 Å². The highest BCUT2D eigenvalue weighted by molar-refractivity contribution is 5.25. The first-order valence-corrected chi connectivity index (χ1v) is 6.80. The van der Waals surface area contributed by atoms with Crippen LogP contribution in [-0.2, 0) is 0 Å². The fourth-order valence-electron chi connectivity index (χ4n) is 2.36. The lowest BCUT2D eigenvalue weighted by atomic mass is 9.91. The van der Waals surface area contributed by atoms with E-state index in [9.17, 15) is 4.39 Å². The Bertz CT molecular complexity index is 401. The van der Waals surface area contributed by atoms with E-state index >= 15 is 0 Å². The lowest BCUT2D eigenvalue weighted by Gasteiger charge is -2.35. The Morgan fingerprint density at radius 3 is 2.72 bits per heavy atom. The van der Waals surface area contributed by atoms with Crippen LogP contribution >= 0.6 is 0 Å². The molecular weight excluding hydrogens is 227 g/mol. The number of benzene rings is 1. The maximum atomic E-state index is 13.5. The highest BCUT2D eigenvalue weighted by Crippen LogP contribution is 2.25. The largest absolute Gasteiger partial charge is 0.324 e. The summed E-state index contributed by atoms with van der Waals surface area (Å²) < 4.78 is 13.5. The molecule has 100 valence electrons. The number of halogens is 1. The molecular formula is C15H23FN2. The van der Waals surface area contributed by atoms with Crippen LogP contribution in [0.15, 0.2) is 18.2 Å². The van der Waals surface area contributed by atoms with Gasteiger partial charge in [-0.25, -0.2) is 4.39 Å². The standard InChI is InChI=1S/C15H23FN2/c1-11-6-7-12(10-14(11)16)15(17)8-9-18(2)13-4-3-5-13/h6-7,10,13,15H,3-5,8-9,17H2,1-2H3. The predicted octanol–water partition coefficient (Wildman–Crippen LogP) is 3.01. The molecule has 18 heavy (non-hydrogen) atoms. The molecule has 0 bridgehead atoms. The van der Waals surface area contributed by atoms with Gasteiger partial charge in [-0.15, -0.1) is 0 Å². The van der Waals surface area contributed by atoms with Gasteiger partial charge in [0.25, 0.3) is 0 Å². The molecule has 0 spiro atoms. The molecule has 1 aromatic rings. The zero-order valence-electron chi connectivity index (χ0n) is 11.3. The zero-order chi connectivity index (χ0) is 13.1. The Morgan fingerprint density at radius 1 is 1.44 bits per heavy atom. The number of aryl methyl sites for hydroxylation is 1. The van der Waals surface area contributed by atoms with Crippen LogP contribution in [0.25, 0.3) is 0 Å². The van der Waals surface area contributed by atoms with Crippen molar-refractivity contribution in [3.8, 4) is 0 Å². The van der Waals surface area contributed by atoms with E-state index in [2.05, 4.69) is 11.9 Å². The summed E-state index contributed by atoms with van der Waals surface area (Å²) in [5.41, 5.74) is 7.71. The van der Waals surface area contributed by atoms with Crippen LogP contribution in [0.1, 0.15) is 42.9 Å². The topological polar surface area (TPSA) is 29.3 Å². The summed E-state index contributed by atoms with van der Waals surface area (Å²) in [5, 5.41) is 0. The quantitative estimate of drug-likeness (QED) is 0.870. The second kappa shape index (κ2) is 5.81. The van der Waals surface area contributed by atoms with Crippen molar-refractivity contribution in [1.82, 2.24) is 4.90 Å². The highest BCUT2D eigenvalue weighted by Gasteiger charge is 2.22. The maximum absolute atomic E-state index is 13.5. The van der Waals surface area contributed by atoms with Gasteiger partial charge in [0, 0.05) is 12.1 Å². The molecule has 0 radical (unpaired) electrons. The van der Waals surface area contributed by atoms with Crippen molar-refractivity contribution in [2.75, 3.05) is 13.6 Å². The number of rotatable bonds is 5. The van der Waals surface area contributed by atoms with Crippen LogP contribution in [0.2, 0.25) is 0 Å². The fourth-order valence-corrected chi connectivity index (χ4v) is 2.36. The van der Waals surface area contributed by atoms with Crippen molar-refractivity contribution in [2.24, 2.45) is 5.73 Å². The normalized spacial score (nSPS) is 17.8. The van der Waals surface area contributed by atoms with Crippen LogP contribution in [-0.4, -0.2) is 24.5 Å². The van der Waals surface area contributed by atoms with E-state index in [1.165, 1.54) is 19.3 Å². The van der Waals surface area contributed by atoms with E-state index < -0.39 is 0 Å². The lowest BCUT2D eigenvalue weighted by molar-refractivity contribution is 0.155. The highest BCUT2D eigenvalue weighted by atomic mass is 19.1. The molecule has 1 aliphatic rings. The maximum Gasteiger partial charge on any atom is 0.126 e. The zero-order valence-corrected chi connectivity index (χ0v) is 11.3. The predicted molar refractivity (Wildman–Crippen MR) is 73.0 cm³/mol. The van der Waals surface area contributed by atoms with E-state index in [0.29, 0.717) is 5.56 Å². The molecule has 0 heterocycles. The van der Waals surface area contributed by atoms with Crippen molar-refractivity contribution in [2.45, 2.75) is 44.7 Å². The van der Waals surface area contributed by atoms with E-state index in [-0.39, 0.29) is 11.9 Å². The lowest BCUT2D eigenvalue weighted by Crippen LogP contribution is -2.38. The summed E-state index contributed by atoms with van der Waals surface area (Å²) in [6.07, 6.45) is 4.86. The van der Waals surface area contributed by atoms with Gasteiger partial charge in [0.05, 0.1) is 0 Å². The van der Waals surface area contributed by atoms with Crippen LogP contribution in [0.3, 0.4) is 0 Å². The molecule has 0 aliphatic heterocycles. The number of nitrogens with two attached hydrogens (primary N) is 1. The molecule has 3 heteroatoms. The van der Waals surface area contributed by atoms with E-state index in [1.54, 1.807) is 19.1 Å². The second-order valence-electron chi connectivity index (χ2n) is 5.47. The molecule has 1 unspecified atom stereocenters. The van der Waals surface area contributed by atoms with Gasteiger partial charge in [0.15, 0.2) is 0 Å². The molecule has 0 saturated heterocycles. The smallest absolute Gasteiger partial charge is 0.126 e. The monoisotopic (exact) mass is 250 g/mol. The van der Waals surface area contributed by atoms with Crippen LogP contribution in [0.5, 0.6) is 0 Å². The van der Waals surface area contributed by atoms with E-state index in [1.807, 2.05) is 6.07 Å². The first-order valence-electron chi connectivity index (χ1n) is 6.80. The average molecular weight is 250 g/mol. The summed E-state index contributed by atoms with van der Waals surface area (Å²) in [7, 11) is 2.16. The number of nitrogens with zero attached hydrogens (tertiary/aromatic N) is 1. The van der Waals surface area contributed by atoms with E-state index in [4.69, 9.17) is 5.73 Å². The first-order chi connectivity index (χ1) is 8.58. The van der Waals surface area contributed by atoms with Crippen molar-refractivity contribution in [1.29, 1.82) is 0 Å². The summed E-state index contributed by atoms with van der Waals surface area (Å²) in [5.74, 6) is -0.157. The molecule has 1 fully saturated rings. The van der Waals surface area contributed by atoms with Gasteiger partial charge in [-0.3, -0.25) is 0 Å². The summed E-state index contributed by atoms with van der Waals surface area (Å²) in [6.45, 7) is 2.76. The van der Waals surface area contributed by atoms with Crippen molar-refractivity contribution in [3.63, 3.8) is 0 Å². The van der Waals surface area contributed by atoms with Gasteiger partial charge in [0.1, 0.15) is 5.82 Å². The fraction of sp³-hybridized carbons (Fsp3) is 0.600. The van der Waals surface area contributed by atoms with E-state index in [0.717, 1.165) is 24.6 Å². The van der Waals surface area contributed by atoms with Gasteiger partial charge in [-0.05, 0) is 57.0 Å². The molecule has 1 aliphatic carbocycles. The third kappa shape index (κ3) is 3.09. The number of hydrogen-bond acceptors (Lipinski definition) is 2. The molecule has 0 aromatic heterocycles. The minimum atomic E-state index is -0.157. The van der Waals surface area contributed by atoms with Gasteiger partial charge in [-0.1, -0.05) is 18.6 Å². The molecule has 2 N–H and O–H groups in total. The Kier molecular flexibility index (Phi) is 4.36. The summed E-state index contributed by atoms with van der Waals surface area (Å²) in [6, 6.07) is 5.99. The SMILES string of the molecule is Cc1ccc(C(N)CCN(C)C2CCC2)cc1F. The number of hydrogen-bond donors (Lipinski definition) is 1. The van der Waals surface area contributed by atoms with Crippen molar-refractivity contribution in [3.05, 3.63) is 35.1 Å². The van der Waals surface area contributed by atoms with Crippen molar-refractivity contribution < 1.29 is 4.39 Å². The van der Waals surface area contributed by atoms with Crippen molar-refractivity contribution >= 4 is 0 Å². The van der Waals surface area contributed by atoms with Gasteiger partial charge >= 0.3 is 0 Å². The van der Waals surface area contributed by atoms with Crippen LogP contribution in [0.4, 0.5) is 4.39 Å². The minimum absolute atomic E-state index is 0.0670.